The topological polar surface area (TPSA) is 63.8 Å². The van der Waals surface area contributed by atoms with Gasteiger partial charge in [0.1, 0.15) is 22.4 Å². The van der Waals surface area contributed by atoms with Crippen molar-refractivity contribution in [2.75, 3.05) is 11.1 Å². The van der Waals surface area contributed by atoms with E-state index < -0.39 is 0 Å². The van der Waals surface area contributed by atoms with Gasteiger partial charge in [-0.25, -0.2) is 9.97 Å². The van der Waals surface area contributed by atoms with Crippen molar-refractivity contribution in [3.63, 3.8) is 0 Å². The molecule has 0 unspecified atom stereocenters. The Morgan fingerprint density at radius 3 is 2.31 bits per heavy atom. The Morgan fingerprint density at radius 2 is 1.81 bits per heavy atom. The first-order chi connectivity index (χ1) is 7.58. The summed E-state index contributed by atoms with van der Waals surface area (Å²) in [6.07, 6.45) is 4.64. The number of aromatic nitrogens is 2. The summed E-state index contributed by atoms with van der Waals surface area (Å²) in [5, 5.41) is 3.47. The molecular weight excluding hydrogens is 268 g/mol. The number of hydrogen-bond acceptors (Lipinski definition) is 4. The number of nitrogens with one attached hydrogen (secondary N) is 1. The van der Waals surface area contributed by atoms with Crippen molar-refractivity contribution in [2.45, 2.75) is 45.6 Å². The van der Waals surface area contributed by atoms with Gasteiger partial charge in [0.25, 0.3) is 0 Å². The zero-order valence-corrected chi connectivity index (χ0v) is 11.6. The molecule has 0 aliphatic carbocycles. The van der Waals surface area contributed by atoms with Crippen LogP contribution in [0, 0.1) is 0 Å². The minimum Gasteiger partial charge on any atom is -0.383 e. The molecule has 0 aliphatic rings. The van der Waals surface area contributed by atoms with Gasteiger partial charge < -0.3 is 11.1 Å². The van der Waals surface area contributed by atoms with E-state index in [0.717, 1.165) is 29.6 Å². The van der Waals surface area contributed by atoms with Crippen LogP contribution in [0.3, 0.4) is 0 Å². The summed E-state index contributed by atoms with van der Waals surface area (Å²) in [5.41, 5.74) is 5.81. The van der Waals surface area contributed by atoms with Crippen LogP contribution in [0.15, 0.2) is 10.8 Å². The molecule has 5 heteroatoms. The Labute approximate surface area is 105 Å². The second-order valence-corrected chi connectivity index (χ2v) is 4.68. The summed E-state index contributed by atoms with van der Waals surface area (Å²) in [4.78, 5) is 8.15. The highest BCUT2D eigenvalue weighted by molar-refractivity contribution is 9.10. The first kappa shape index (κ1) is 13.2. The van der Waals surface area contributed by atoms with Crippen LogP contribution in [0.1, 0.15) is 40.0 Å². The number of halogens is 1. The van der Waals surface area contributed by atoms with Crippen molar-refractivity contribution in [3.8, 4) is 0 Å². The monoisotopic (exact) mass is 286 g/mol. The fourth-order valence-corrected chi connectivity index (χ4v) is 2.04. The van der Waals surface area contributed by atoms with Gasteiger partial charge in [0.15, 0.2) is 0 Å². The molecule has 0 aliphatic heterocycles. The van der Waals surface area contributed by atoms with E-state index in [-0.39, 0.29) is 5.54 Å². The van der Waals surface area contributed by atoms with Gasteiger partial charge in [0, 0.05) is 5.54 Å². The first-order valence-corrected chi connectivity index (χ1v) is 6.42. The summed E-state index contributed by atoms with van der Waals surface area (Å²) in [7, 11) is 0. The molecule has 0 bridgehead atoms. The Hall–Kier alpha value is -0.840. The minimum absolute atomic E-state index is 0.0866. The molecule has 1 rings (SSSR count). The van der Waals surface area contributed by atoms with Crippen LogP contribution in [-0.4, -0.2) is 15.5 Å². The number of nitrogens with zero attached hydrogens (tertiary/aromatic N) is 2. The van der Waals surface area contributed by atoms with Gasteiger partial charge in [-0.2, -0.15) is 0 Å². The quantitative estimate of drug-likeness (QED) is 0.873. The highest BCUT2D eigenvalue weighted by Gasteiger charge is 2.25. The van der Waals surface area contributed by atoms with E-state index in [2.05, 4.69) is 52.0 Å². The zero-order valence-electron chi connectivity index (χ0n) is 10.0. The van der Waals surface area contributed by atoms with Gasteiger partial charge in [-0.1, -0.05) is 20.8 Å². The highest BCUT2D eigenvalue weighted by Crippen LogP contribution is 2.30. The third-order valence-electron chi connectivity index (χ3n) is 3.23. The Kier molecular flexibility index (Phi) is 4.53. The van der Waals surface area contributed by atoms with E-state index in [9.17, 15) is 0 Å². The molecule has 0 aromatic carbocycles. The lowest BCUT2D eigenvalue weighted by Crippen LogP contribution is -2.36. The predicted octanol–water partition coefficient (Wildman–Crippen LogP) is 3.20. The van der Waals surface area contributed by atoms with Crippen LogP contribution in [0.2, 0.25) is 0 Å². The van der Waals surface area contributed by atoms with E-state index in [1.807, 2.05) is 0 Å². The van der Waals surface area contributed by atoms with Gasteiger partial charge >= 0.3 is 0 Å². The largest absolute Gasteiger partial charge is 0.383 e. The van der Waals surface area contributed by atoms with Crippen LogP contribution in [0.5, 0.6) is 0 Å². The fraction of sp³-hybridized carbons (Fsp3) is 0.636. The van der Waals surface area contributed by atoms with Gasteiger partial charge in [-0.15, -0.1) is 0 Å². The van der Waals surface area contributed by atoms with Crippen LogP contribution < -0.4 is 11.1 Å². The van der Waals surface area contributed by atoms with Crippen molar-refractivity contribution >= 4 is 27.6 Å². The predicted molar refractivity (Wildman–Crippen MR) is 71.4 cm³/mol. The number of rotatable bonds is 5. The average Bonchev–Trinajstić information content (AvgIpc) is 2.32. The average molecular weight is 287 g/mol. The molecule has 3 N–H and O–H groups in total. The summed E-state index contributed by atoms with van der Waals surface area (Å²) in [5.74, 6) is 1.24. The third-order valence-corrected chi connectivity index (χ3v) is 4.01. The molecule has 0 spiro atoms. The van der Waals surface area contributed by atoms with Gasteiger partial charge in [0.05, 0.1) is 0 Å². The normalized spacial score (nSPS) is 11.5. The van der Waals surface area contributed by atoms with E-state index in [1.165, 1.54) is 6.33 Å². The molecule has 1 aromatic heterocycles. The first-order valence-electron chi connectivity index (χ1n) is 5.62. The van der Waals surface area contributed by atoms with Crippen LogP contribution in [0.4, 0.5) is 11.6 Å². The van der Waals surface area contributed by atoms with Crippen molar-refractivity contribution in [2.24, 2.45) is 0 Å². The molecule has 16 heavy (non-hydrogen) atoms. The second kappa shape index (κ2) is 5.48. The van der Waals surface area contributed by atoms with Crippen molar-refractivity contribution < 1.29 is 0 Å². The maximum Gasteiger partial charge on any atom is 0.146 e. The molecule has 0 atom stereocenters. The Morgan fingerprint density at radius 1 is 1.25 bits per heavy atom. The van der Waals surface area contributed by atoms with Crippen molar-refractivity contribution in [1.29, 1.82) is 0 Å². The molecule has 0 fully saturated rings. The molecule has 0 radical (unpaired) electrons. The van der Waals surface area contributed by atoms with Crippen LogP contribution in [0.25, 0.3) is 0 Å². The summed E-state index contributed by atoms with van der Waals surface area (Å²) < 4.78 is 0.745. The number of nitrogen functional groups attached to an aromatic ring is 1. The second-order valence-electron chi connectivity index (χ2n) is 3.89. The summed E-state index contributed by atoms with van der Waals surface area (Å²) in [6, 6.07) is 0. The molecule has 1 heterocycles. The van der Waals surface area contributed by atoms with E-state index in [1.54, 1.807) is 0 Å². The lowest BCUT2D eigenvalue weighted by Gasteiger charge is -2.32. The summed E-state index contributed by atoms with van der Waals surface area (Å²) in [6.45, 7) is 6.54. The molecule has 0 amide bonds. The Balaban J connectivity index is 2.98. The lowest BCUT2D eigenvalue weighted by molar-refractivity contribution is 0.418. The van der Waals surface area contributed by atoms with E-state index in [0.29, 0.717) is 5.82 Å². The van der Waals surface area contributed by atoms with Gasteiger partial charge in [-0.3, -0.25) is 0 Å². The molecular formula is C11H19BrN4. The van der Waals surface area contributed by atoms with E-state index in [4.69, 9.17) is 5.73 Å². The van der Waals surface area contributed by atoms with Crippen molar-refractivity contribution in [3.05, 3.63) is 10.8 Å². The van der Waals surface area contributed by atoms with E-state index >= 15 is 0 Å². The SMILES string of the molecule is CCC(CC)(CC)Nc1ncnc(N)c1Br. The standard InChI is InChI=1S/C11H19BrN4/c1-4-11(5-2,6-3)16-10-8(12)9(13)14-7-15-10/h7H,4-6H2,1-3H3,(H3,13,14,15,16). The van der Waals surface area contributed by atoms with Crippen LogP contribution in [-0.2, 0) is 0 Å². The number of hydrogen-bond donors (Lipinski definition) is 2. The molecule has 0 saturated carbocycles. The Bertz CT molecular complexity index is 342. The zero-order chi connectivity index (χ0) is 12.2. The maximum atomic E-state index is 5.73. The number of anilines is 2. The maximum absolute atomic E-state index is 5.73. The smallest absolute Gasteiger partial charge is 0.146 e. The lowest BCUT2D eigenvalue weighted by atomic mass is 9.90. The highest BCUT2D eigenvalue weighted by atomic mass is 79.9. The van der Waals surface area contributed by atoms with Gasteiger partial charge in [0.2, 0.25) is 0 Å². The fourth-order valence-electron chi connectivity index (χ4n) is 1.74. The summed E-state index contributed by atoms with van der Waals surface area (Å²) >= 11 is 3.41. The van der Waals surface area contributed by atoms with Crippen molar-refractivity contribution in [1.82, 2.24) is 9.97 Å². The van der Waals surface area contributed by atoms with Crippen LogP contribution >= 0.6 is 15.9 Å². The molecule has 0 saturated heterocycles. The molecule has 90 valence electrons. The molecule has 1 aromatic rings. The van der Waals surface area contributed by atoms with Gasteiger partial charge in [-0.05, 0) is 35.2 Å². The number of nitrogens with two attached hydrogens (primary N) is 1. The molecule has 4 nitrogen and oxygen atoms in total. The minimum atomic E-state index is 0.0866. The third kappa shape index (κ3) is 2.64.